The van der Waals surface area contributed by atoms with Gasteiger partial charge in [-0.3, -0.25) is 0 Å². The van der Waals surface area contributed by atoms with Crippen LogP contribution >= 0.6 is 0 Å². The molecule has 5 rings (SSSR count). The van der Waals surface area contributed by atoms with Crippen molar-refractivity contribution in [3.8, 4) is 0 Å². The van der Waals surface area contributed by atoms with Gasteiger partial charge in [0.15, 0.2) is 6.10 Å². The van der Waals surface area contributed by atoms with Crippen LogP contribution in [0.15, 0.2) is 121 Å². The molecular weight excluding hydrogens is 516 g/mol. The zero-order valence-corrected chi connectivity index (χ0v) is 23.2. The van der Waals surface area contributed by atoms with Gasteiger partial charge in [0.05, 0.1) is 38.1 Å². The first kappa shape index (κ1) is 28.7. The number of benzene rings is 4. The molecule has 0 saturated carbocycles. The molecule has 1 aliphatic rings. The third-order valence-corrected chi connectivity index (χ3v) is 7.08. The molecule has 6 nitrogen and oxygen atoms in total. The van der Waals surface area contributed by atoms with E-state index in [0.29, 0.717) is 32.0 Å². The molecular formula is C35H36O6. The van der Waals surface area contributed by atoms with Crippen molar-refractivity contribution in [3.05, 3.63) is 144 Å². The van der Waals surface area contributed by atoms with E-state index >= 15 is 0 Å². The molecule has 0 aliphatic carbocycles. The topological polar surface area (TPSA) is 63.2 Å². The molecule has 0 bridgehead atoms. The highest BCUT2D eigenvalue weighted by atomic mass is 16.6. The average Bonchev–Trinajstić information content (AvgIpc) is 3.02. The predicted molar refractivity (Wildman–Crippen MR) is 156 cm³/mol. The number of carbonyl (C=O) groups excluding carboxylic acids is 1. The van der Waals surface area contributed by atoms with E-state index in [1.165, 1.54) is 0 Å². The molecule has 1 aliphatic heterocycles. The lowest BCUT2D eigenvalue weighted by Crippen LogP contribution is -2.60. The molecule has 0 amide bonds. The number of rotatable bonds is 12. The van der Waals surface area contributed by atoms with Gasteiger partial charge in [0.1, 0.15) is 18.3 Å². The van der Waals surface area contributed by atoms with Crippen LogP contribution in [0.4, 0.5) is 0 Å². The summed E-state index contributed by atoms with van der Waals surface area (Å²) in [4.78, 5) is 13.2. The van der Waals surface area contributed by atoms with Crippen LogP contribution in [0.2, 0.25) is 0 Å². The maximum absolute atomic E-state index is 13.2. The highest BCUT2D eigenvalue weighted by molar-refractivity contribution is 5.89. The second-order valence-electron chi connectivity index (χ2n) is 10.1. The van der Waals surface area contributed by atoms with Crippen LogP contribution in [0.25, 0.3) is 0 Å². The van der Waals surface area contributed by atoms with Gasteiger partial charge in [-0.05, 0) is 35.7 Å². The first-order valence-electron chi connectivity index (χ1n) is 14.0. The number of hydrogen-bond donors (Lipinski definition) is 0. The molecule has 0 spiro atoms. The Hall–Kier alpha value is -3.81. The molecule has 41 heavy (non-hydrogen) atoms. The van der Waals surface area contributed by atoms with Crippen molar-refractivity contribution in [2.45, 2.75) is 57.3 Å². The first-order chi connectivity index (χ1) is 20.2. The number of hydrogen-bond acceptors (Lipinski definition) is 6. The lowest BCUT2D eigenvalue weighted by molar-refractivity contribution is -0.257. The summed E-state index contributed by atoms with van der Waals surface area (Å²) in [5, 5.41) is 0. The Labute approximate surface area is 241 Å². The minimum absolute atomic E-state index is 0.295. The minimum atomic E-state index is -0.697. The van der Waals surface area contributed by atoms with Gasteiger partial charge >= 0.3 is 5.97 Å². The smallest absolute Gasteiger partial charge is 0.338 e. The summed E-state index contributed by atoms with van der Waals surface area (Å²) in [6.45, 7) is 3.33. The summed E-state index contributed by atoms with van der Waals surface area (Å²) in [7, 11) is 0. The lowest BCUT2D eigenvalue weighted by Gasteiger charge is -2.45. The molecule has 0 radical (unpaired) electrons. The molecule has 1 heterocycles. The van der Waals surface area contributed by atoms with Crippen LogP contribution in [0.1, 0.15) is 34.0 Å². The van der Waals surface area contributed by atoms with Crippen LogP contribution < -0.4 is 0 Å². The summed E-state index contributed by atoms with van der Waals surface area (Å²) < 4.78 is 31.7. The Morgan fingerprint density at radius 1 is 0.610 bits per heavy atom. The van der Waals surface area contributed by atoms with Crippen LogP contribution in [-0.2, 0) is 43.5 Å². The second kappa shape index (κ2) is 14.7. The zero-order valence-electron chi connectivity index (χ0n) is 23.2. The first-order valence-corrected chi connectivity index (χ1v) is 14.0. The summed E-state index contributed by atoms with van der Waals surface area (Å²) in [6.07, 6.45) is -2.74. The Morgan fingerprint density at radius 2 is 1.07 bits per heavy atom. The Balaban J connectivity index is 1.39. The highest BCUT2D eigenvalue weighted by Crippen LogP contribution is 2.31. The Morgan fingerprint density at radius 3 is 1.61 bits per heavy atom. The van der Waals surface area contributed by atoms with Crippen molar-refractivity contribution in [1.82, 2.24) is 0 Å². The minimum Gasteiger partial charge on any atom is -0.453 e. The maximum Gasteiger partial charge on any atom is 0.338 e. The van der Waals surface area contributed by atoms with Crippen molar-refractivity contribution in [2.24, 2.45) is 0 Å². The number of esters is 1. The fourth-order valence-electron chi connectivity index (χ4n) is 4.95. The van der Waals surface area contributed by atoms with Crippen molar-refractivity contribution in [3.63, 3.8) is 0 Å². The van der Waals surface area contributed by atoms with E-state index in [0.717, 1.165) is 16.7 Å². The highest BCUT2D eigenvalue weighted by Gasteiger charge is 2.48. The third kappa shape index (κ3) is 8.12. The quantitative estimate of drug-likeness (QED) is 0.190. The molecule has 4 aromatic rings. The standard InChI is InChI=1S/C35H36O6/c1-26-32(41-35(36)30-20-12-5-13-21-30)34(39-24-29-18-10-4-11-19-29)33(38-23-28-16-8-3-9-17-28)31(40-26)25-37-22-27-14-6-2-7-15-27/h2-21,26,31-34H,22-25H2,1H3/t26-,31?,32?,33-,34+/m0/s1. The summed E-state index contributed by atoms with van der Waals surface area (Å²) in [5.74, 6) is -0.431. The lowest BCUT2D eigenvalue weighted by atomic mass is 9.94. The molecule has 2 unspecified atom stereocenters. The molecule has 0 aromatic heterocycles. The van der Waals surface area contributed by atoms with E-state index in [2.05, 4.69) is 0 Å². The zero-order chi connectivity index (χ0) is 28.3. The van der Waals surface area contributed by atoms with Gasteiger partial charge in [-0.25, -0.2) is 4.79 Å². The normalized spacial score (nSPS) is 22.2. The fraction of sp³-hybridized carbons (Fsp3) is 0.286. The van der Waals surface area contributed by atoms with Gasteiger partial charge in [0.25, 0.3) is 0 Å². The van der Waals surface area contributed by atoms with Crippen LogP contribution in [0.3, 0.4) is 0 Å². The van der Waals surface area contributed by atoms with Gasteiger partial charge in [-0.15, -0.1) is 0 Å². The molecule has 0 N–H and O–H groups in total. The van der Waals surface area contributed by atoms with E-state index in [1.54, 1.807) is 12.1 Å². The molecule has 4 aromatic carbocycles. The SMILES string of the molecule is C[C@@H]1OC(COCc2ccccc2)[C@H](OCc2ccccc2)[C@H](OCc2ccccc2)C1OC(=O)c1ccccc1. The van der Waals surface area contributed by atoms with E-state index in [4.69, 9.17) is 23.7 Å². The van der Waals surface area contributed by atoms with Crippen molar-refractivity contribution >= 4 is 5.97 Å². The monoisotopic (exact) mass is 552 g/mol. The molecule has 1 saturated heterocycles. The second-order valence-corrected chi connectivity index (χ2v) is 10.1. The van der Waals surface area contributed by atoms with Crippen LogP contribution in [0, 0.1) is 0 Å². The van der Waals surface area contributed by atoms with Crippen LogP contribution in [0.5, 0.6) is 0 Å². The van der Waals surface area contributed by atoms with Gasteiger partial charge in [-0.1, -0.05) is 109 Å². The van der Waals surface area contributed by atoms with Gasteiger partial charge < -0.3 is 23.7 Å². The average molecular weight is 553 g/mol. The van der Waals surface area contributed by atoms with Gasteiger partial charge in [0, 0.05) is 0 Å². The predicted octanol–water partition coefficient (Wildman–Crippen LogP) is 6.39. The Kier molecular flexibility index (Phi) is 10.3. The van der Waals surface area contributed by atoms with Crippen molar-refractivity contribution in [1.29, 1.82) is 0 Å². The van der Waals surface area contributed by atoms with Crippen molar-refractivity contribution < 1.29 is 28.5 Å². The van der Waals surface area contributed by atoms with Gasteiger partial charge in [0.2, 0.25) is 0 Å². The van der Waals surface area contributed by atoms with Gasteiger partial charge in [-0.2, -0.15) is 0 Å². The summed E-state index contributed by atoms with van der Waals surface area (Å²) >= 11 is 0. The number of ether oxygens (including phenoxy) is 5. The number of carbonyl (C=O) groups is 1. The third-order valence-electron chi connectivity index (χ3n) is 7.08. The van der Waals surface area contributed by atoms with E-state index in [9.17, 15) is 4.79 Å². The van der Waals surface area contributed by atoms with E-state index in [-0.39, 0.29) is 0 Å². The summed E-state index contributed by atoms with van der Waals surface area (Å²) in [5.41, 5.74) is 3.58. The molecule has 6 heteroatoms. The Bertz CT molecular complexity index is 1320. The summed E-state index contributed by atoms with van der Waals surface area (Å²) in [6, 6.07) is 38.9. The van der Waals surface area contributed by atoms with Crippen molar-refractivity contribution in [2.75, 3.05) is 6.61 Å². The largest absolute Gasteiger partial charge is 0.453 e. The van der Waals surface area contributed by atoms with E-state index < -0.39 is 36.5 Å². The molecule has 1 fully saturated rings. The molecule has 212 valence electrons. The molecule has 5 atom stereocenters. The van der Waals surface area contributed by atoms with Crippen LogP contribution in [-0.4, -0.2) is 43.1 Å². The maximum atomic E-state index is 13.2. The fourth-order valence-corrected chi connectivity index (χ4v) is 4.95. The van der Waals surface area contributed by atoms with E-state index in [1.807, 2.05) is 116 Å².